The molecular formula is C16H11BrCl2F3N5O. The zero-order valence-corrected chi connectivity index (χ0v) is 17.2. The van der Waals surface area contributed by atoms with Gasteiger partial charge in [-0.25, -0.2) is 0 Å². The summed E-state index contributed by atoms with van der Waals surface area (Å²) in [6.45, 7) is 0.359. The molecule has 1 aromatic carbocycles. The van der Waals surface area contributed by atoms with Gasteiger partial charge in [-0.1, -0.05) is 35.3 Å². The van der Waals surface area contributed by atoms with Crippen LogP contribution in [0.3, 0.4) is 0 Å². The monoisotopic (exact) mass is 495 g/mol. The fourth-order valence-corrected chi connectivity index (χ4v) is 3.52. The number of nitrogens with one attached hydrogen (secondary N) is 1. The van der Waals surface area contributed by atoms with Gasteiger partial charge in [-0.15, -0.1) is 0 Å². The molecule has 148 valence electrons. The van der Waals surface area contributed by atoms with Gasteiger partial charge in [0.15, 0.2) is 17.2 Å². The Morgan fingerprint density at radius 1 is 1.21 bits per heavy atom. The summed E-state index contributed by atoms with van der Waals surface area (Å²) < 4.78 is 40.7. The molecule has 2 aromatic heterocycles. The van der Waals surface area contributed by atoms with Gasteiger partial charge in [0.1, 0.15) is 5.02 Å². The van der Waals surface area contributed by atoms with Crippen LogP contribution in [-0.2, 0) is 19.8 Å². The highest BCUT2D eigenvalue weighted by Crippen LogP contribution is 2.36. The van der Waals surface area contributed by atoms with Crippen molar-refractivity contribution in [3.8, 4) is 0 Å². The molecule has 3 aromatic rings. The molecule has 0 spiro atoms. The van der Waals surface area contributed by atoms with E-state index < -0.39 is 27.9 Å². The van der Waals surface area contributed by atoms with E-state index >= 15 is 0 Å². The number of alkyl halides is 3. The van der Waals surface area contributed by atoms with Gasteiger partial charge in [-0.2, -0.15) is 23.4 Å². The topological polar surface area (TPSA) is 64.7 Å². The SMILES string of the molecule is Cn1nc(C(=O)Nc2nn(Cc3ccc(Cl)cc3)cc2Cl)c(Br)c1C(F)(F)F. The Kier molecular flexibility index (Phi) is 5.74. The molecule has 0 saturated carbocycles. The van der Waals surface area contributed by atoms with Crippen LogP contribution in [0.4, 0.5) is 19.0 Å². The van der Waals surface area contributed by atoms with Crippen LogP contribution in [0.25, 0.3) is 0 Å². The van der Waals surface area contributed by atoms with Gasteiger partial charge in [0.25, 0.3) is 5.91 Å². The maximum absolute atomic E-state index is 13.0. The quantitative estimate of drug-likeness (QED) is 0.552. The normalized spacial score (nSPS) is 11.7. The van der Waals surface area contributed by atoms with Crippen molar-refractivity contribution in [2.24, 2.45) is 7.05 Å². The third-order valence-electron chi connectivity index (χ3n) is 3.68. The van der Waals surface area contributed by atoms with Crippen LogP contribution in [-0.4, -0.2) is 25.5 Å². The lowest BCUT2D eigenvalue weighted by Gasteiger charge is -2.06. The lowest BCUT2D eigenvalue weighted by atomic mass is 10.2. The molecule has 0 saturated heterocycles. The third-order valence-corrected chi connectivity index (χ3v) is 4.96. The average Bonchev–Trinajstić information content (AvgIpc) is 3.08. The molecule has 1 amide bonds. The summed E-state index contributed by atoms with van der Waals surface area (Å²) in [5, 5.41) is 10.9. The summed E-state index contributed by atoms with van der Waals surface area (Å²) >= 11 is 14.7. The largest absolute Gasteiger partial charge is 0.434 e. The second-order valence-electron chi connectivity index (χ2n) is 5.74. The Hall–Kier alpha value is -2.04. The number of hydrogen-bond donors (Lipinski definition) is 1. The maximum atomic E-state index is 13.0. The molecule has 28 heavy (non-hydrogen) atoms. The minimum atomic E-state index is -4.67. The Balaban J connectivity index is 1.80. The smallest absolute Gasteiger partial charge is 0.302 e. The molecule has 0 bridgehead atoms. The summed E-state index contributed by atoms with van der Waals surface area (Å²) in [5.41, 5.74) is -0.612. The molecule has 0 aliphatic rings. The van der Waals surface area contributed by atoms with Crippen LogP contribution in [0, 0.1) is 0 Å². The number of anilines is 1. The fourth-order valence-electron chi connectivity index (χ4n) is 2.46. The lowest BCUT2D eigenvalue weighted by molar-refractivity contribution is -0.144. The molecule has 0 aliphatic heterocycles. The van der Waals surface area contributed by atoms with Gasteiger partial charge in [-0.3, -0.25) is 14.2 Å². The van der Waals surface area contributed by atoms with E-state index in [2.05, 4.69) is 31.4 Å². The van der Waals surface area contributed by atoms with Gasteiger partial charge in [0.05, 0.1) is 11.0 Å². The number of nitrogens with zero attached hydrogens (tertiary/aromatic N) is 4. The van der Waals surface area contributed by atoms with Crippen molar-refractivity contribution in [1.82, 2.24) is 19.6 Å². The Morgan fingerprint density at radius 2 is 1.86 bits per heavy atom. The van der Waals surface area contributed by atoms with Crippen LogP contribution in [0.1, 0.15) is 21.7 Å². The predicted molar refractivity (Wildman–Crippen MR) is 102 cm³/mol. The van der Waals surface area contributed by atoms with E-state index in [1.54, 1.807) is 24.3 Å². The highest BCUT2D eigenvalue weighted by Gasteiger charge is 2.39. The van der Waals surface area contributed by atoms with Crippen molar-refractivity contribution in [1.29, 1.82) is 0 Å². The summed E-state index contributed by atoms with van der Waals surface area (Å²) in [6, 6.07) is 7.06. The first-order chi connectivity index (χ1) is 13.1. The third kappa shape index (κ3) is 4.34. The number of carbonyl (C=O) groups excluding carboxylic acids is 1. The number of rotatable bonds is 4. The number of aryl methyl sites for hydroxylation is 1. The van der Waals surface area contributed by atoms with E-state index in [0.29, 0.717) is 16.2 Å². The van der Waals surface area contributed by atoms with Crippen LogP contribution >= 0.6 is 39.1 Å². The number of carbonyl (C=O) groups is 1. The van der Waals surface area contributed by atoms with Crippen molar-refractivity contribution in [2.75, 3.05) is 5.32 Å². The summed E-state index contributed by atoms with van der Waals surface area (Å²) in [4.78, 5) is 12.4. The van der Waals surface area contributed by atoms with E-state index in [1.165, 1.54) is 10.9 Å². The molecule has 0 unspecified atom stereocenters. The number of amides is 1. The van der Waals surface area contributed by atoms with Crippen molar-refractivity contribution < 1.29 is 18.0 Å². The highest BCUT2D eigenvalue weighted by molar-refractivity contribution is 9.10. The predicted octanol–water partition coefficient (Wildman–Crippen LogP) is 5.01. The first-order valence-electron chi connectivity index (χ1n) is 7.64. The van der Waals surface area contributed by atoms with Crippen LogP contribution in [0.5, 0.6) is 0 Å². The molecule has 0 radical (unpaired) electrons. The zero-order chi connectivity index (χ0) is 20.6. The second kappa shape index (κ2) is 7.76. The van der Waals surface area contributed by atoms with Gasteiger partial charge in [0.2, 0.25) is 0 Å². The molecule has 6 nitrogen and oxygen atoms in total. The molecule has 0 fully saturated rings. The first-order valence-corrected chi connectivity index (χ1v) is 9.19. The molecule has 2 heterocycles. The van der Waals surface area contributed by atoms with Gasteiger partial charge in [-0.05, 0) is 33.6 Å². The van der Waals surface area contributed by atoms with Gasteiger partial charge >= 0.3 is 6.18 Å². The molecule has 0 aliphatic carbocycles. The van der Waals surface area contributed by atoms with Gasteiger partial charge < -0.3 is 5.32 Å². The zero-order valence-electron chi connectivity index (χ0n) is 14.1. The lowest BCUT2D eigenvalue weighted by Crippen LogP contribution is -2.14. The van der Waals surface area contributed by atoms with E-state index in [4.69, 9.17) is 23.2 Å². The summed E-state index contributed by atoms with van der Waals surface area (Å²) in [5.74, 6) is -0.872. The van der Waals surface area contributed by atoms with Crippen LogP contribution in [0.15, 0.2) is 34.9 Å². The number of hydrogen-bond acceptors (Lipinski definition) is 3. The Bertz CT molecular complexity index is 1030. The van der Waals surface area contributed by atoms with Crippen molar-refractivity contribution in [3.63, 3.8) is 0 Å². The van der Waals surface area contributed by atoms with E-state index in [9.17, 15) is 18.0 Å². The van der Waals surface area contributed by atoms with Gasteiger partial charge in [0, 0.05) is 18.3 Å². The molecule has 12 heteroatoms. The minimum absolute atomic E-state index is 0.00624. The standard InChI is InChI=1S/C16H11BrCl2F3N5O/c1-26-13(16(20,21)22)11(17)12(24-26)15(28)23-14-10(19)7-27(25-14)6-8-2-4-9(18)5-3-8/h2-5,7H,6H2,1H3,(H,23,25,28). The Labute approximate surface area is 175 Å². The summed E-state index contributed by atoms with van der Waals surface area (Å²) in [6.07, 6.45) is -3.18. The molecule has 0 atom stereocenters. The average molecular weight is 497 g/mol. The second-order valence-corrected chi connectivity index (χ2v) is 7.37. The first kappa shape index (κ1) is 20.7. The van der Waals surface area contributed by atoms with E-state index in [1.807, 2.05) is 0 Å². The molecular weight excluding hydrogens is 486 g/mol. The number of aromatic nitrogens is 4. The number of halogens is 6. The van der Waals surface area contributed by atoms with Crippen LogP contribution < -0.4 is 5.32 Å². The van der Waals surface area contributed by atoms with Crippen LogP contribution in [0.2, 0.25) is 10.0 Å². The fraction of sp³-hybridized carbons (Fsp3) is 0.188. The maximum Gasteiger partial charge on any atom is 0.434 e. The minimum Gasteiger partial charge on any atom is -0.302 e. The molecule has 3 rings (SSSR count). The van der Waals surface area contributed by atoms with E-state index in [-0.39, 0.29) is 10.8 Å². The number of benzene rings is 1. The van der Waals surface area contributed by atoms with Crippen molar-refractivity contribution >= 4 is 50.9 Å². The van der Waals surface area contributed by atoms with Crippen molar-refractivity contribution in [2.45, 2.75) is 12.7 Å². The highest BCUT2D eigenvalue weighted by atomic mass is 79.9. The molecule has 1 N–H and O–H groups in total. The van der Waals surface area contributed by atoms with Crippen molar-refractivity contribution in [3.05, 3.63) is 61.9 Å². The van der Waals surface area contributed by atoms with E-state index in [0.717, 1.165) is 12.6 Å². The Morgan fingerprint density at radius 3 is 2.43 bits per heavy atom. The summed E-state index contributed by atoms with van der Waals surface area (Å²) in [7, 11) is 1.10.